The number of nitrogens with zero attached hydrogens (tertiary/aromatic N) is 4. The highest BCUT2D eigenvalue weighted by Crippen LogP contribution is 2.31. The van der Waals surface area contributed by atoms with E-state index in [4.69, 9.17) is 4.98 Å². The highest BCUT2D eigenvalue weighted by molar-refractivity contribution is 5.82. The maximum Gasteiger partial charge on any atom is 0.131 e. The zero-order valence-electron chi connectivity index (χ0n) is 18.3. The summed E-state index contributed by atoms with van der Waals surface area (Å²) in [4.78, 5) is 9.59. The first-order chi connectivity index (χ1) is 14.6. The van der Waals surface area contributed by atoms with Crippen LogP contribution >= 0.6 is 0 Å². The summed E-state index contributed by atoms with van der Waals surface area (Å²) in [5.74, 6) is 1.71. The molecule has 2 atom stereocenters. The number of benzene rings is 2. The minimum Gasteiger partial charge on any atom is -0.265 e. The Morgan fingerprint density at radius 2 is 1.67 bits per heavy atom. The molecule has 0 bridgehead atoms. The molecule has 2 aromatic heterocycles. The van der Waals surface area contributed by atoms with Gasteiger partial charge in [0.15, 0.2) is 0 Å². The van der Waals surface area contributed by atoms with Gasteiger partial charge in [0, 0.05) is 29.6 Å². The predicted molar refractivity (Wildman–Crippen MR) is 124 cm³/mol. The Labute approximate surface area is 179 Å². The largest absolute Gasteiger partial charge is 0.265 e. The third kappa shape index (κ3) is 4.00. The van der Waals surface area contributed by atoms with Gasteiger partial charge in [0.2, 0.25) is 0 Å². The monoisotopic (exact) mass is 398 g/mol. The highest BCUT2D eigenvalue weighted by Gasteiger charge is 2.17. The van der Waals surface area contributed by atoms with E-state index in [1.165, 1.54) is 16.5 Å². The van der Waals surface area contributed by atoms with Crippen LogP contribution in [0.15, 0.2) is 60.9 Å². The maximum atomic E-state index is 4.93. The van der Waals surface area contributed by atoms with Crippen molar-refractivity contribution in [3.63, 3.8) is 0 Å². The Morgan fingerprint density at radius 3 is 2.43 bits per heavy atom. The molecule has 0 aliphatic rings. The summed E-state index contributed by atoms with van der Waals surface area (Å²) in [5.41, 5.74) is 5.92. The van der Waals surface area contributed by atoms with Crippen molar-refractivity contribution in [2.24, 2.45) is 0 Å². The van der Waals surface area contributed by atoms with E-state index >= 15 is 0 Å². The van der Waals surface area contributed by atoms with Gasteiger partial charge in [-0.05, 0) is 49.8 Å². The number of rotatable bonds is 7. The van der Waals surface area contributed by atoms with Crippen LogP contribution in [0.3, 0.4) is 0 Å². The topological polar surface area (TPSA) is 43.6 Å². The summed E-state index contributed by atoms with van der Waals surface area (Å²) in [6.45, 7) is 9.66. The van der Waals surface area contributed by atoms with Gasteiger partial charge < -0.3 is 0 Å². The number of aryl methyl sites for hydroxylation is 2. The van der Waals surface area contributed by atoms with Crippen molar-refractivity contribution < 1.29 is 0 Å². The van der Waals surface area contributed by atoms with E-state index in [1.54, 1.807) is 0 Å². The zero-order valence-corrected chi connectivity index (χ0v) is 18.3. The molecule has 0 saturated heterocycles. The van der Waals surface area contributed by atoms with Gasteiger partial charge in [-0.2, -0.15) is 5.10 Å². The Morgan fingerprint density at radius 1 is 0.900 bits per heavy atom. The molecule has 4 nitrogen and oxygen atoms in total. The fourth-order valence-corrected chi connectivity index (χ4v) is 4.17. The van der Waals surface area contributed by atoms with Crippen LogP contribution in [0.25, 0.3) is 22.2 Å². The molecule has 4 aromatic rings. The van der Waals surface area contributed by atoms with Crippen molar-refractivity contribution in [2.75, 3.05) is 0 Å². The van der Waals surface area contributed by atoms with E-state index in [1.807, 2.05) is 18.5 Å². The Bertz CT molecular complexity index is 1130. The summed E-state index contributed by atoms with van der Waals surface area (Å²) < 4.78 is 2.07. The zero-order chi connectivity index (χ0) is 21.1. The Balaban J connectivity index is 1.50. The van der Waals surface area contributed by atoms with Crippen LogP contribution in [-0.2, 0) is 6.54 Å². The van der Waals surface area contributed by atoms with E-state index in [0.29, 0.717) is 11.8 Å². The molecule has 0 saturated carbocycles. The van der Waals surface area contributed by atoms with Gasteiger partial charge >= 0.3 is 0 Å². The van der Waals surface area contributed by atoms with Crippen molar-refractivity contribution >= 4 is 10.9 Å². The van der Waals surface area contributed by atoms with Gasteiger partial charge in [0.25, 0.3) is 0 Å². The van der Waals surface area contributed by atoms with Crippen LogP contribution in [0.1, 0.15) is 62.4 Å². The van der Waals surface area contributed by atoms with Crippen molar-refractivity contribution in [3.05, 3.63) is 77.9 Å². The molecule has 4 rings (SSSR count). The second-order valence-corrected chi connectivity index (χ2v) is 8.25. The van der Waals surface area contributed by atoms with E-state index in [9.17, 15) is 0 Å². The standard InChI is InChI=1S/C26H30N4/c1-5-30-24-13-9-12-22(23(24)17-28-30)18(2)14-15-19(3)26-27-16-20(4)25(29-26)21-10-7-6-8-11-21/h6-13,16-19H,5,14-15H2,1-4H3. The molecule has 4 heteroatoms. The molecule has 0 N–H and O–H groups in total. The van der Waals surface area contributed by atoms with Crippen molar-refractivity contribution in [2.45, 2.75) is 58.9 Å². The van der Waals surface area contributed by atoms with Gasteiger partial charge in [-0.3, -0.25) is 4.68 Å². The van der Waals surface area contributed by atoms with Gasteiger partial charge in [-0.25, -0.2) is 9.97 Å². The average Bonchev–Trinajstić information content (AvgIpc) is 3.21. The van der Waals surface area contributed by atoms with Gasteiger partial charge in [0.1, 0.15) is 5.82 Å². The normalized spacial score (nSPS) is 13.5. The second-order valence-electron chi connectivity index (χ2n) is 8.25. The third-order valence-corrected chi connectivity index (χ3v) is 6.06. The minimum absolute atomic E-state index is 0.313. The van der Waals surface area contributed by atoms with E-state index in [-0.39, 0.29) is 0 Å². The average molecular weight is 399 g/mol. The van der Waals surface area contributed by atoms with Crippen LogP contribution in [0, 0.1) is 6.92 Å². The van der Waals surface area contributed by atoms with E-state index < -0.39 is 0 Å². The molecule has 0 fully saturated rings. The molecular formula is C26H30N4. The summed E-state index contributed by atoms with van der Waals surface area (Å²) in [6.07, 6.45) is 6.13. The Kier molecular flexibility index (Phi) is 5.93. The fourth-order valence-electron chi connectivity index (χ4n) is 4.17. The third-order valence-electron chi connectivity index (χ3n) is 6.06. The fraction of sp³-hybridized carbons (Fsp3) is 0.346. The molecule has 2 aromatic carbocycles. The second kappa shape index (κ2) is 8.78. The molecule has 0 radical (unpaired) electrons. The predicted octanol–water partition coefficient (Wildman–Crippen LogP) is 6.51. The first-order valence-electron chi connectivity index (χ1n) is 10.9. The summed E-state index contributed by atoms with van der Waals surface area (Å²) in [5, 5.41) is 5.82. The molecule has 2 heterocycles. The minimum atomic E-state index is 0.313. The molecular weight excluding hydrogens is 368 g/mol. The summed E-state index contributed by atoms with van der Waals surface area (Å²) in [6, 6.07) is 16.9. The maximum absolute atomic E-state index is 4.93. The number of hydrogen-bond donors (Lipinski definition) is 0. The lowest BCUT2D eigenvalue weighted by Crippen LogP contribution is -2.05. The lowest BCUT2D eigenvalue weighted by Gasteiger charge is -2.17. The highest BCUT2D eigenvalue weighted by atomic mass is 15.3. The van der Waals surface area contributed by atoms with Crippen LogP contribution in [0.4, 0.5) is 0 Å². The van der Waals surface area contributed by atoms with Crippen LogP contribution < -0.4 is 0 Å². The molecule has 2 unspecified atom stereocenters. The first-order valence-corrected chi connectivity index (χ1v) is 10.9. The van der Waals surface area contributed by atoms with Crippen LogP contribution in [0.5, 0.6) is 0 Å². The number of aromatic nitrogens is 4. The SMILES string of the molecule is CCn1ncc2c(C(C)CCC(C)c3ncc(C)c(-c4ccccc4)n3)cccc21. The van der Waals surface area contributed by atoms with Crippen LogP contribution in [0.2, 0.25) is 0 Å². The van der Waals surface area contributed by atoms with Gasteiger partial charge in [-0.1, -0.05) is 56.3 Å². The molecule has 0 aliphatic carbocycles. The first kappa shape index (κ1) is 20.3. The van der Waals surface area contributed by atoms with Crippen molar-refractivity contribution in [1.29, 1.82) is 0 Å². The molecule has 0 aliphatic heterocycles. The molecule has 0 amide bonds. The van der Waals surface area contributed by atoms with E-state index in [2.05, 4.69) is 84.9 Å². The van der Waals surface area contributed by atoms with Crippen molar-refractivity contribution in [1.82, 2.24) is 19.7 Å². The summed E-state index contributed by atoms with van der Waals surface area (Å²) >= 11 is 0. The Hall–Kier alpha value is -3.01. The lowest BCUT2D eigenvalue weighted by atomic mass is 9.90. The number of hydrogen-bond acceptors (Lipinski definition) is 3. The molecule has 0 spiro atoms. The number of fused-ring (bicyclic) bond motifs is 1. The van der Waals surface area contributed by atoms with Gasteiger partial charge in [0.05, 0.1) is 17.4 Å². The quantitative estimate of drug-likeness (QED) is 0.356. The van der Waals surface area contributed by atoms with Crippen LogP contribution in [-0.4, -0.2) is 19.7 Å². The molecule has 30 heavy (non-hydrogen) atoms. The molecule has 154 valence electrons. The van der Waals surface area contributed by atoms with Crippen molar-refractivity contribution in [3.8, 4) is 11.3 Å². The van der Waals surface area contributed by atoms with E-state index in [0.717, 1.165) is 42.0 Å². The lowest BCUT2D eigenvalue weighted by molar-refractivity contribution is 0.556. The summed E-state index contributed by atoms with van der Waals surface area (Å²) in [7, 11) is 0. The smallest absolute Gasteiger partial charge is 0.131 e. The van der Waals surface area contributed by atoms with Gasteiger partial charge in [-0.15, -0.1) is 0 Å².